The Morgan fingerprint density at radius 2 is 1.73 bits per heavy atom. The van der Waals surface area contributed by atoms with E-state index < -0.39 is 0 Å². The van der Waals surface area contributed by atoms with Crippen LogP contribution in [0.15, 0.2) is 66.7 Å². The summed E-state index contributed by atoms with van der Waals surface area (Å²) in [6, 6.07) is 24.8. The number of benzene rings is 3. The van der Waals surface area contributed by atoms with Crippen molar-refractivity contribution >= 4 is 32.7 Å². The molecule has 0 radical (unpaired) electrons. The van der Waals surface area contributed by atoms with Crippen molar-refractivity contribution in [1.82, 2.24) is 14.9 Å². The van der Waals surface area contributed by atoms with E-state index in [0.29, 0.717) is 6.04 Å². The fourth-order valence-electron chi connectivity index (χ4n) is 5.37. The fourth-order valence-corrected chi connectivity index (χ4v) is 5.37. The van der Waals surface area contributed by atoms with Crippen LogP contribution in [-0.2, 0) is 19.9 Å². The molecule has 0 saturated carbocycles. The minimum Gasteiger partial charge on any atom is -0.357 e. The third kappa shape index (κ3) is 2.77. The molecule has 0 saturated heterocycles. The zero-order valence-corrected chi connectivity index (χ0v) is 17.4. The van der Waals surface area contributed by atoms with Crippen LogP contribution in [0, 0.1) is 0 Å². The van der Waals surface area contributed by atoms with Gasteiger partial charge in [-0.2, -0.15) is 0 Å². The largest absolute Gasteiger partial charge is 0.357 e. The Morgan fingerprint density at radius 3 is 2.67 bits per heavy atom. The highest BCUT2D eigenvalue weighted by Crippen LogP contribution is 2.34. The lowest BCUT2D eigenvalue weighted by Gasteiger charge is -2.24. The van der Waals surface area contributed by atoms with E-state index in [1.165, 1.54) is 68.8 Å². The van der Waals surface area contributed by atoms with Gasteiger partial charge in [-0.15, -0.1) is 0 Å². The minimum atomic E-state index is 0.433. The summed E-state index contributed by atoms with van der Waals surface area (Å²) < 4.78 is 2.32. The summed E-state index contributed by atoms with van der Waals surface area (Å²) in [6.45, 7) is 0.995. The minimum absolute atomic E-state index is 0.433. The van der Waals surface area contributed by atoms with E-state index in [0.717, 1.165) is 13.0 Å². The molecule has 0 fully saturated rings. The summed E-state index contributed by atoms with van der Waals surface area (Å²) in [7, 11) is 2.17. The van der Waals surface area contributed by atoms with Crippen LogP contribution in [0.2, 0.25) is 0 Å². The number of H-pyrrole nitrogens is 1. The molecular formula is C27H27N3. The zero-order valence-electron chi connectivity index (χ0n) is 17.4. The van der Waals surface area contributed by atoms with E-state index in [1.807, 2.05) is 0 Å². The van der Waals surface area contributed by atoms with Crippen molar-refractivity contribution in [2.75, 3.05) is 6.54 Å². The Balaban J connectivity index is 1.22. The molecule has 0 bridgehead atoms. The molecule has 150 valence electrons. The van der Waals surface area contributed by atoms with E-state index in [9.17, 15) is 0 Å². The van der Waals surface area contributed by atoms with Gasteiger partial charge in [0.25, 0.3) is 0 Å². The van der Waals surface area contributed by atoms with E-state index in [2.05, 4.69) is 88.6 Å². The number of hydrogen-bond acceptors (Lipinski definition) is 1. The van der Waals surface area contributed by atoms with Gasteiger partial charge in [-0.1, -0.05) is 48.5 Å². The number of nitrogens with one attached hydrogen (secondary N) is 2. The predicted octanol–water partition coefficient (Wildman–Crippen LogP) is 6.02. The second-order valence-electron chi connectivity index (χ2n) is 8.64. The number of aromatic amines is 1. The van der Waals surface area contributed by atoms with Gasteiger partial charge in [0, 0.05) is 51.5 Å². The van der Waals surface area contributed by atoms with Crippen molar-refractivity contribution in [2.24, 2.45) is 7.05 Å². The first-order valence-corrected chi connectivity index (χ1v) is 11.1. The summed E-state index contributed by atoms with van der Waals surface area (Å²) in [6.07, 6.45) is 4.70. The summed E-state index contributed by atoms with van der Waals surface area (Å²) in [5.41, 5.74) is 8.23. The van der Waals surface area contributed by atoms with Gasteiger partial charge in [0.1, 0.15) is 0 Å². The number of rotatable bonds is 4. The molecule has 3 aromatic carbocycles. The first-order chi connectivity index (χ1) is 14.8. The van der Waals surface area contributed by atoms with Gasteiger partial charge in [-0.05, 0) is 61.6 Å². The maximum absolute atomic E-state index is 3.84. The number of aromatic nitrogens is 2. The van der Waals surface area contributed by atoms with Crippen LogP contribution in [-0.4, -0.2) is 16.1 Å². The molecule has 5 aromatic rings. The molecule has 30 heavy (non-hydrogen) atoms. The van der Waals surface area contributed by atoms with Gasteiger partial charge in [0.05, 0.1) is 0 Å². The van der Waals surface area contributed by atoms with Gasteiger partial charge in [-0.25, -0.2) is 0 Å². The molecule has 2 heterocycles. The maximum atomic E-state index is 3.84. The molecule has 2 N–H and O–H groups in total. The summed E-state index contributed by atoms with van der Waals surface area (Å²) >= 11 is 0. The first kappa shape index (κ1) is 17.8. The van der Waals surface area contributed by atoms with Crippen LogP contribution >= 0.6 is 0 Å². The lowest BCUT2D eigenvalue weighted by atomic mass is 9.91. The second-order valence-corrected chi connectivity index (χ2v) is 8.64. The van der Waals surface area contributed by atoms with Gasteiger partial charge in [0.15, 0.2) is 0 Å². The molecule has 0 amide bonds. The molecule has 0 aliphatic heterocycles. The van der Waals surface area contributed by atoms with Crippen LogP contribution in [0.5, 0.6) is 0 Å². The number of para-hydroxylation sites is 2. The van der Waals surface area contributed by atoms with Crippen LogP contribution < -0.4 is 5.32 Å². The predicted molar refractivity (Wildman–Crippen MR) is 126 cm³/mol. The van der Waals surface area contributed by atoms with Gasteiger partial charge >= 0.3 is 0 Å². The molecule has 6 rings (SSSR count). The molecular weight excluding hydrogens is 366 g/mol. The molecule has 1 atom stereocenters. The standard InChI is InChI=1S/C27H27N3/c1-30-25-12-5-3-8-20(25)21-14-13-18(17-26(21)30)15-16-28-24-11-6-9-22-19-7-2-4-10-23(19)29-27(22)24/h2-5,7-8,10,12-14,17,24,28-29H,6,9,11,15-16H2,1H3. The average molecular weight is 394 g/mol. The Bertz CT molecular complexity index is 1370. The average Bonchev–Trinajstić information content (AvgIpc) is 3.31. The highest BCUT2D eigenvalue weighted by atomic mass is 15.0. The molecule has 1 aliphatic rings. The topological polar surface area (TPSA) is 32.8 Å². The second kappa shape index (κ2) is 7.03. The first-order valence-electron chi connectivity index (χ1n) is 11.1. The van der Waals surface area contributed by atoms with Crippen LogP contribution in [0.4, 0.5) is 0 Å². The molecule has 0 spiro atoms. The number of nitrogens with zero attached hydrogens (tertiary/aromatic N) is 1. The van der Waals surface area contributed by atoms with Crippen LogP contribution in [0.3, 0.4) is 0 Å². The molecule has 1 unspecified atom stereocenters. The Hall–Kier alpha value is -3.04. The van der Waals surface area contributed by atoms with Crippen molar-refractivity contribution in [3.05, 3.63) is 83.6 Å². The fraction of sp³-hybridized carbons (Fsp3) is 0.259. The Morgan fingerprint density at radius 1 is 0.933 bits per heavy atom. The normalized spacial score (nSPS) is 16.5. The van der Waals surface area contributed by atoms with Crippen LogP contribution in [0.25, 0.3) is 32.7 Å². The quantitative estimate of drug-likeness (QED) is 0.384. The van der Waals surface area contributed by atoms with E-state index in [1.54, 1.807) is 0 Å². The third-order valence-corrected chi connectivity index (χ3v) is 6.90. The molecule has 2 aromatic heterocycles. The maximum Gasteiger partial charge on any atom is 0.0491 e. The molecule has 3 nitrogen and oxygen atoms in total. The summed E-state index contributed by atoms with van der Waals surface area (Å²) in [5, 5.41) is 7.93. The SMILES string of the molecule is Cn1c2ccccc2c2ccc(CCNC3CCCc4c3[nH]c3ccccc43)cc21. The van der Waals surface area contributed by atoms with E-state index in [-0.39, 0.29) is 0 Å². The highest BCUT2D eigenvalue weighted by molar-refractivity contribution is 6.08. The Labute approximate surface area is 176 Å². The van der Waals surface area contributed by atoms with Crippen molar-refractivity contribution in [3.8, 4) is 0 Å². The van der Waals surface area contributed by atoms with E-state index in [4.69, 9.17) is 0 Å². The van der Waals surface area contributed by atoms with Crippen molar-refractivity contribution in [1.29, 1.82) is 0 Å². The van der Waals surface area contributed by atoms with Crippen molar-refractivity contribution < 1.29 is 0 Å². The van der Waals surface area contributed by atoms with Crippen LogP contribution in [0.1, 0.15) is 35.7 Å². The van der Waals surface area contributed by atoms with Crippen molar-refractivity contribution in [2.45, 2.75) is 31.7 Å². The molecule has 1 aliphatic carbocycles. The lowest BCUT2D eigenvalue weighted by Crippen LogP contribution is -2.27. The lowest BCUT2D eigenvalue weighted by molar-refractivity contribution is 0.456. The van der Waals surface area contributed by atoms with Gasteiger partial charge in [0.2, 0.25) is 0 Å². The van der Waals surface area contributed by atoms with E-state index >= 15 is 0 Å². The van der Waals surface area contributed by atoms with Gasteiger partial charge in [-0.3, -0.25) is 0 Å². The number of fused-ring (bicyclic) bond motifs is 6. The monoisotopic (exact) mass is 393 g/mol. The summed E-state index contributed by atoms with van der Waals surface area (Å²) in [5.74, 6) is 0. The highest BCUT2D eigenvalue weighted by Gasteiger charge is 2.23. The third-order valence-electron chi connectivity index (χ3n) is 6.90. The molecule has 3 heteroatoms. The smallest absolute Gasteiger partial charge is 0.0491 e. The zero-order chi connectivity index (χ0) is 20.1. The summed E-state index contributed by atoms with van der Waals surface area (Å²) in [4.78, 5) is 3.70. The number of aryl methyl sites for hydroxylation is 2. The Kier molecular flexibility index (Phi) is 4.17. The van der Waals surface area contributed by atoms with Crippen molar-refractivity contribution in [3.63, 3.8) is 0 Å². The number of hydrogen-bond donors (Lipinski definition) is 2. The van der Waals surface area contributed by atoms with Gasteiger partial charge < -0.3 is 14.9 Å².